The van der Waals surface area contributed by atoms with E-state index in [9.17, 15) is 9.90 Å². The average molecular weight is 555 g/mol. The van der Waals surface area contributed by atoms with Gasteiger partial charge in [0.1, 0.15) is 11.9 Å². The molecule has 0 radical (unpaired) electrons. The number of aryl methyl sites for hydroxylation is 2. The van der Waals surface area contributed by atoms with Crippen LogP contribution in [0.1, 0.15) is 73.4 Å². The Morgan fingerprint density at radius 2 is 2.02 bits per heavy atom. The molecule has 1 aromatic carbocycles. The van der Waals surface area contributed by atoms with Crippen molar-refractivity contribution in [2.75, 3.05) is 51.8 Å². The van der Waals surface area contributed by atoms with Gasteiger partial charge in [-0.15, -0.1) is 0 Å². The Morgan fingerprint density at radius 1 is 1.18 bits per heavy atom. The summed E-state index contributed by atoms with van der Waals surface area (Å²) in [7, 11) is 1.40. The molecule has 0 spiro atoms. The predicted octanol–water partition coefficient (Wildman–Crippen LogP) is 4.81. The number of hydrogen-bond acceptors (Lipinski definition) is 7. The summed E-state index contributed by atoms with van der Waals surface area (Å²) in [4.78, 5) is 21.4. The van der Waals surface area contributed by atoms with E-state index in [1.165, 1.54) is 25.2 Å². The van der Waals surface area contributed by atoms with E-state index in [1.54, 1.807) is 0 Å². The summed E-state index contributed by atoms with van der Waals surface area (Å²) >= 11 is 0. The molecule has 2 saturated heterocycles. The molecule has 0 aliphatic carbocycles. The van der Waals surface area contributed by atoms with E-state index in [2.05, 4.69) is 22.3 Å². The maximum absolute atomic E-state index is 15.0. The smallest absolute Gasteiger partial charge is 0.325 e. The fraction of sp³-hybridized carbons (Fsp3) is 0.613. The minimum absolute atomic E-state index is 0.0196. The van der Waals surface area contributed by atoms with E-state index in [0.29, 0.717) is 31.8 Å². The Morgan fingerprint density at radius 3 is 2.83 bits per heavy atom. The number of anilines is 1. The van der Waals surface area contributed by atoms with Crippen molar-refractivity contribution in [2.24, 2.45) is 0 Å². The van der Waals surface area contributed by atoms with E-state index >= 15 is 4.39 Å². The van der Waals surface area contributed by atoms with E-state index in [4.69, 9.17) is 14.5 Å². The fourth-order valence-electron chi connectivity index (χ4n) is 6.34. The zero-order chi connectivity index (χ0) is 27.9. The number of aliphatic carboxylic acids is 1. The standard InChI is InChI=1S/C31H43FN4O4/c1-39-29-26(18-22(19-27(29)32)20-35-14-4-5-15-35)28(31(37)38)36-16-12-25(21-36)40-17-6-2-3-9-24-11-10-23-8-7-13-33-30(23)34-24/h10-11,18-19,25,28H,2-9,12-17,20-21H2,1H3,(H,33,34)(H,37,38)/t25-,28-/m1/s1. The Labute approximate surface area is 236 Å². The molecule has 3 aliphatic rings. The fourth-order valence-corrected chi connectivity index (χ4v) is 6.34. The van der Waals surface area contributed by atoms with Crippen LogP contribution in [0.3, 0.4) is 0 Å². The van der Waals surface area contributed by atoms with E-state index < -0.39 is 17.8 Å². The Bertz CT molecular complexity index is 1160. The van der Waals surface area contributed by atoms with Gasteiger partial charge in [-0.3, -0.25) is 14.6 Å². The van der Waals surface area contributed by atoms with Crippen molar-refractivity contribution < 1.29 is 23.8 Å². The number of unbranched alkanes of at least 4 members (excludes halogenated alkanes) is 2. The molecule has 40 heavy (non-hydrogen) atoms. The second kappa shape index (κ2) is 13.7. The number of carboxylic acid groups (broad SMARTS) is 1. The maximum Gasteiger partial charge on any atom is 0.325 e. The van der Waals surface area contributed by atoms with Crippen LogP contribution in [0.15, 0.2) is 24.3 Å². The Kier molecular flexibility index (Phi) is 9.88. The summed E-state index contributed by atoms with van der Waals surface area (Å²) in [6.45, 7) is 5.33. The van der Waals surface area contributed by atoms with Crippen LogP contribution in [0, 0.1) is 5.82 Å². The summed E-state index contributed by atoms with van der Waals surface area (Å²) < 4.78 is 26.5. The lowest BCUT2D eigenvalue weighted by molar-refractivity contribution is -0.143. The van der Waals surface area contributed by atoms with Gasteiger partial charge in [-0.05, 0) is 93.8 Å². The third-order valence-corrected chi connectivity index (χ3v) is 8.39. The molecule has 3 aliphatic heterocycles. The zero-order valence-corrected chi connectivity index (χ0v) is 23.7. The minimum atomic E-state index is -0.998. The summed E-state index contributed by atoms with van der Waals surface area (Å²) in [6.07, 6.45) is 9.32. The number of likely N-dealkylation sites (tertiary alicyclic amines) is 2. The molecule has 9 heteroatoms. The zero-order valence-electron chi connectivity index (χ0n) is 23.7. The van der Waals surface area contributed by atoms with Gasteiger partial charge in [0.25, 0.3) is 0 Å². The van der Waals surface area contributed by atoms with Gasteiger partial charge in [-0.25, -0.2) is 9.37 Å². The van der Waals surface area contributed by atoms with E-state index in [-0.39, 0.29) is 11.9 Å². The number of carbonyl (C=O) groups is 1. The number of halogens is 1. The van der Waals surface area contributed by atoms with Crippen molar-refractivity contribution in [1.82, 2.24) is 14.8 Å². The summed E-state index contributed by atoms with van der Waals surface area (Å²) in [5, 5.41) is 13.6. The van der Waals surface area contributed by atoms with Crippen molar-refractivity contribution in [3.05, 3.63) is 52.5 Å². The van der Waals surface area contributed by atoms with Crippen LogP contribution < -0.4 is 10.1 Å². The highest BCUT2D eigenvalue weighted by molar-refractivity contribution is 5.77. The van der Waals surface area contributed by atoms with E-state index in [1.807, 2.05) is 11.0 Å². The lowest BCUT2D eigenvalue weighted by atomic mass is 10.0. The number of carboxylic acids is 1. The van der Waals surface area contributed by atoms with Gasteiger partial charge < -0.3 is 19.9 Å². The van der Waals surface area contributed by atoms with Gasteiger partial charge >= 0.3 is 5.97 Å². The number of methoxy groups -OCH3 is 1. The molecule has 0 unspecified atom stereocenters. The SMILES string of the molecule is COc1c(F)cc(CN2CCCC2)cc1[C@H](C(=O)O)N1CC[C@@H](OCCCCCc2ccc3c(n2)NCCC3)C1. The number of benzene rings is 1. The number of rotatable bonds is 13. The first-order chi connectivity index (χ1) is 19.5. The van der Waals surface area contributed by atoms with E-state index in [0.717, 1.165) is 88.1 Å². The van der Waals surface area contributed by atoms with Gasteiger partial charge in [0.2, 0.25) is 0 Å². The Hall–Kier alpha value is -2.75. The molecule has 1 aromatic heterocycles. The summed E-state index contributed by atoms with van der Waals surface area (Å²) in [5.74, 6) is -0.431. The molecular formula is C31H43FN4O4. The highest BCUT2D eigenvalue weighted by Crippen LogP contribution is 2.36. The largest absolute Gasteiger partial charge is 0.493 e. The van der Waals surface area contributed by atoms with Crippen molar-refractivity contribution in [2.45, 2.75) is 76.5 Å². The highest BCUT2D eigenvalue weighted by Gasteiger charge is 2.36. The van der Waals surface area contributed by atoms with Crippen molar-refractivity contribution in [3.8, 4) is 5.75 Å². The van der Waals surface area contributed by atoms with Crippen LogP contribution >= 0.6 is 0 Å². The van der Waals surface area contributed by atoms with Gasteiger partial charge in [0.05, 0.1) is 13.2 Å². The first-order valence-electron chi connectivity index (χ1n) is 14.9. The molecule has 0 amide bonds. The number of ether oxygens (including phenoxy) is 2. The summed E-state index contributed by atoms with van der Waals surface area (Å²) in [6, 6.07) is 6.68. The molecule has 2 aromatic rings. The predicted molar refractivity (Wildman–Crippen MR) is 152 cm³/mol. The molecular weight excluding hydrogens is 511 g/mol. The normalized spacial score (nSPS) is 20.3. The quantitative estimate of drug-likeness (QED) is 0.341. The highest BCUT2D eigenvalue weighted by atomic mass is 19.1. The maximum atomic E-state index is 15.0. The molecule has 0 saturated carbocycles. The molecule has 218 valence electrons. The van der Waals surface area contributed by atoms with Gasteiger partial charge in [-0.1, -0.05) is 12.5 Å². The lowest BCUT2D eigenvalue weighted by Crippen LogP contribution is -2.34. The monoisotopic (exact) mass is 554 g/mol. The Balaban J connectivity index is 1.11. The molecule has 5 rings (SSSR count). The average Bonchev–Trinajstić information content (AvgIpc) is 3.63. The van der Waals surface area contributed by atoms with Crippen molar-refractivity contribution >= 4 is 11.8 Å². The summed E-state index contributed by atoms with van der Waals surface area (Å²) in [5.41, 5.74) is 3.63. The number of nitrogens with one attached hydrogen (secondary N) is 1. The van der Waals surface area contributed by atoms with Crippen LogP contribution in [0.2, 0.25) is 0 Å². The van der Waals surface area contributed by atoms with Crippen LogP contribution in [0.4, 0.5) is 10.2 Å². The first kappa shape index (κ1) is 28.8. The number of hydrogen-bond donors (Lipinski definition) is 2. The topological polar surface area (TPSA) is 87.2 Å². The second-order valence-electron chi connectivity index (χ2n) is 11.4. The lowest BCUT2D eigenvalue weighted by Gasteiger charge is -2.27. The van der Waals surface area contributed by atoms with Gasteiger partial charge in [0, 0.05) is 44.0 Å². The second-order valence-corrected chi connectivity index (χ2v) is 11.4. The number of aromatic nitrogens is 1. The van der Waals surface area contributed by atoms with Gasteiger partial charge in [-0.2, -0.15) is 0 Å². The van der Waals surface area contributed by atoms with Crippen LogP contribution in [-0.4, -0.2) is 78.4 Å². The molecule has 2 atom stereocenters. The molecule has 0 bridgehead atoms. The number of nitrogens with zero attached hydrogens (tertiary/aromatic N) is 3. The van der Waals surface area contributed by atoms with Crippen LogP contribution in [-0.2, 0) is 28.9 Å². The number of fused-ring (bicyclic) bond motifs is 1. The number of pyridine rings is 1. The first-order valence-corrected chi connectivity index (χ1v) is 14.9. The molecule has 2 fully saturated rings. The molecule has 4 heterocycles. The van der Waals surface area contributed by atoms with Crippen LogP contribution in [0.5, 0.6) is 5.75 Å². The minimum Gasteiger partial charge on any atom is -0.493 e. The molecule has 2 N–H and O–H groups in total. The van der Waals surface area contributed by atoms with Crippen molar-refractivity contribution in [3.63, 3.8) is 0 Å². The van der Waals surface area contributed by atoms with Gasteiger partial charge in [0.15, 0.2) is 11.6 Å². The third-order valence-electron chi connectivity index (χ3n) is 8.39. The van der Waals surface area contributed by atoms with Crippen molar-refractivity contribution in [1.29, 1.82) is 0 Å². The van der Waals surface area contributed by atoms with Crippen LogP contribution in [0.25, 0.3) is 0 Å². The third kappa shape index (κ3) is 7.11. The molecule has 8 nitrogen and oxygen atoms in total.